The third-order valence-electron chi connectivity index (χ3n) is 5.54. The lowest BCUT2D eigenvalue weighted by molar-refractivity contribution is -0.112. The van der Waals surface area contributed by atoms with Crippen molar-refractivity contribution in [1.82, 2.24) is 9.78 Å². The van der Waals surface area contributed by atoms with Crippen LogP contribution in [0.25, 0.3) is 0 Å². The third-order valence-corrected chi connectivity index (χ3v) is 5.54. The van der Waals surface area contributed by atoms with Gasteiger partial charge in [0, 0.05) is 24.8 Å². The first kappa shape index (κ1) is 18.5. The summed E-state index contributed by atoms with van der Waals surface area (Å²) in [5.41, 5.74) is 10.8. The van der Waals surface area contributed by atoms with E-state index in [1.54, 1.807) is 11.7 Å². The summed E-state index contributed by atoms with van der Waals surface area (Å²) in [6.07, 6.45) is 4.32. The van der Waals surface area contributed by atoms with E-state index in [-0.39, 0.29) is 5.41 Å². The number of nitrogens with one attached hydrogen (secondary N) is 1. The van der Waals surface area contributed by atoms with Crippen LogP contribution in [0.2, 0.25) is 0 Å². The lowest BCUT2D eigenvalue weighted by Gasteiger charge is -2.32. The van der Waals surface area contributed by atoms with Crippen molar-refractivity contribution in [3.8, 4) is 0 Å². The first-order valence-electron chi connectivity index (χ1n) is 9.17. The number of aromatic nitrogens is 2. The number of benzene rings is 1. The summed E-state index contributed by atoms with van der Waals surface area (Å²) >= 11 is 0. The number of aliphatic hydroxyl groups excluding tert-OH is 1. The second kappa shape index (κ2) is 7.11. The number of nitrogen functional groups attached to an aromatic ring is 1. The van der Waals surface area contributed by atoms with Gasteiger partial charge in [-0.1, -0.05) is 18.2 Å². The van der Waals surface area contributed by atoms with Gasteiger partial charge < -0.3 is 21.0 Å². The van der Waals surface area contributed by atoms with Crippen LogP contribution < -0.4 is 11.1 Å². The Bertz CT molecular complexity index is 814. The van der Waals surface area contributed by atoms with Gasteiger partial charge in [-0.05, 0) is 50.7 Å². The molecule has 0 fully saturated rings. The van der Waals surface area contributed by atoms with Gasteiger partial charge in [0.15, 0.2) is 0 Å². The molecule has 1 aromatic carbocycles. The second-order valence-corrected chi connectivity index (χ2v) is 7.49. The molecule has 140 valence electrons. The number of nitrogens with two attached hydrogens (primary N) is 1. The van der Waals surface area contributed by atoms with Crippen LogP contribution in [0.4, 0.5) is 11.5 Å². The number of hydrogen-bond acceptors (Lipinski definition) is 5. The Balaban J connectivity index is 0.000000152. The van der Waals surface area contributed by atoms with E-state index in [4.69, 9.17) is 5.73 Å². The predicted molar refractivity (Wildman–Crippen MR) is 103 cm³/mol. The van der Waals surface area contributed by atoms with Crippen LogP contribution in [0.5, 0.6) is 0 Å². The first-order chi connectivity index (χ1) is 12.4. The molecule has 0 bridgehead atoms. The van der Waals surface area contributed by atoms with Crippen molar-refractivity contribution >= 4 is 17.8 Å². The summed E-state index contributed by atoms with van der Waals surface area (Å²) in [7, 11) is 1.81. The minimum Gasteiger partial charge on any atom is -0.387 e. The molecule has 0 saturated carbocycles. The molecule has 1 aliphatic heterocycles. The fourth-order valence-electron chi connectivity index (χ4n) is 3.82. The Morgan fingerprint density at radius 2 is 2.23 bits per heavy atom. The van der Waals surface area contributed by atoms with Gasteiger partial charge in [0.25, 0.3) is 0 Å². The van der Waals surface area contributed by atoms with E-state index in [2.05, 4.69) is 23.4 Å². The molecule has 2 unspecified atom stereocenters. The van der Waals surface area contributed by atoms with Crippen LogP contribution in [0.1, 0.15) is 54.7 Å². The maximum absolute atomic E-state index is 11.1. The highest BCUT2D eigenvalue weighted by atomic mass is 16.3. The summed E-state index contributed by atoms with van der Waals surface area (Å²) in [5, 5.41) is 17.1. The largest absolute Gasteiger partial charge is 0.387 e. The predicted octanol–water partition coefficient (Wildman–Crippen LogP) is 2.64. The fourth-order valence-corrected chi connectivity index (χ4v) is 3.82. The molecule has 2 atom stereocenters. The van der Waals surface area contributed by atoms with Gasteiger partial charge in [-0.25, -0.2) is 0 Å². The Morgan fingerprint density at radius 3 is 2.92 bits per heavy atom. The van der Waals surface area contributed by atoms with Crippen molar-refractivity contribution in [3.63, 3.8) is 0 Å². The minimum absolute atomic E-state index is 0.299. The Labute approximate surface area is 154 Å². The fraction of sp³-hybridized carbons (Fsp3) is 0.500. The molecule has 0 spiro atoms. The smallest absolute Gasteiger partial charge is 0.130 e. The second-order valence-electron chi connectivity index (χ2n) is 7.49. The first-order valence-corrected chi connectivity index (χ1v) is 9.17. The normalized spacial score (nSPS) is 23.8. The summed E-state index contributed by atoms with van der Waals surface area (Å²) in [5.74, 6) is 0.698. The van der Waals surface area contributed by atoms with Gasteiger partial charge in [0.1, 0.15) is 12.1 Å². The highest BCUT2D eigenvalue weighted by Gasteiger charge is 2.32. The molecule has 1 aliphatic carbocycles. The third kappa shape index (κ3) is 3.21. The topological polar surface area (TPSA) is 93.2 Å². The maximum atomic E-state index is 11.1. The van der Waals surface area contributed by atoms with E-state index in [0.29, 0.717) is 5.82 Å². The number of carbonyl (C=O) groups excluding carboxylic acids is 1. The molecule has 1 aromatic heterocycles. The van der Waals surface area contributed by atoms with E-state index in [0.717, 1.165) is 61.0 Å². The summed E-state index contributed by atoms with van der Waals surface area (Å²) in [6.45, 7) is 4.97. The number of aldehydes is 1. The number of fused-ring (bicyclic) bond motifs is 2. The minimum atomic E-state index is -0.405. The molecule has 0 saturated heterocycles. The average Bonchev–Trinajstić information content (AvgIpc) is 2.93. The quantitative estimate of drug-likeness (QED) is 0.683. The van der Waals surface area contributed by atoms with Crippen LogP contribution in [0.3, 0.4) is 0 Å². The number of aryl methyl sites for hydroxylation is 2. The van der Waals surface area contributed by atoms with Crippen molar-refractivity contribution in [2.24, 2.45) is 7.05 Å². The standard InChI is InChI=1S/C12H15NO.C8H13N3O/c1-9-4-3-5-10-11(9)13-7-6-12(10,2)8-14;1-11-8(9)5-3-2-4-6(12)7(5)10-11/h3-5,8,13H,6-7H2,1-2H3;6,12H,2-4,9H2,1H3. The van der Waals surface area contributed by atoms with Gasteiger partial charge in [0.05, 0.1) is 17.2 Å². The molecule has 26 heavy (non-hydrogen) atoms. The molecule has 2 aromatic rings. The van der Waals surface area contributed by atoms with Crippen LogP contribution in [-0.4, -0.2) is 27.7 Å². The molecular formula is C20H28N4O2. The van der Waals surface area contributed by atoms with E-state index in [9.17, 15) is 9.90 Å². The number of anilines is 2. The molecule has 4 rings (SSSR count). The number of hydrogen-bond donors (Lipinski definition) is 3. The molecule has 4 N–H and O–H groups in total. The molecule has 0 radical (unpaired) electrons. The molecule has 6 heteroatoms. The Morgan fingerprint density at radius 1 is 1.46 bits per heavy atom. The monoisotopic (exact) mass is 356 g/mol. The zero-order chi connectivity index (χ0) is 18.9. The van der Waals surface area contributed by atoms with Gasteiger partial charge >= 0.3 is 0 Å². The molecule has 2 aliphatic rings. The van der Waals surface area contributed by atoms with E-state index >= 15 is 0 Å². The number of para-hydroxylation sites is 1. The molecular weight excluding hydrogens is 328 g/mol. The zero-order valence-electron chi connectivity index (χ0n) is 15.7. The van der Waals surface area contributed by atoms with Crippen molar-refractivity contribution in [2.75, 3.05) is 17.6 Å². The summed E-state index contributed by atoms with van der Waals surface area (Å²) < 4.78 is 1.64. The van der Waals surface area contributed by atoms with E-state index < -0.39 is 6.10 Å². The highest BCUT2D eigenvalue weighted by molar-refractivity contribution is 5.76. The molecule has 0 amide bonds. The van der Waals surface area contributed by atoms with Gasteiger partial charge in [-0.15, -0.1) is 0 Å². The van der Waals surface area contributed by atoms with Crippen molar-refractivity contribution < 1.29 is 9.90 Å². The Hall–Kier alpha value is -2.34. The highest BCUT2D eigenvalue weighted by Crippen LogP contribution is 2.37. The number of carbonyl (C=O) groups is 1. The molecule has 2 heterocycles. The summed E-state index contributed by atoms with van der Waals surface area (Å²) in [6, 6.07) is 6.13. The van der Waals surface area contributed by atoms with Crippen LogP contribution in [0, 0.1) is 6.92 Å². The van der Waals surface area contributed by atoms with Crippen LogP contribution in [0.15, 0.2) is 18.2 Å². The molecule has 6 nitrogen and oxygen atoms in total. The summed E-state index contributed by atoms with van der Waals surface area (Å²) in [4.78, 5) is 11.1. The van der Waals surface area contributed by atoms with Crippen molar-refractivity contribution in [2.45, 2.75) is 51.0 Å². The van der Waals surface area contributed by atoms with Crippen LogP contribution >= 0.6 is 0 Å². The lowest BCUT2D eigenvalue weighted by atomic mass is 9.77. The van der Waals surface area contributed by atoms with Crippen molar-refractivity contribution in [1.29, 1.82) is 0 Å². The van der Waals surface area contributed by atoms with E-state index in [1.807, 2.05) is 19.1 Å². The zero-order valence-corrected chi connectivity index (χ0v) is 15.7. The average molecular weight is 356 g/mol. The van der Waals surface area contributed by atoms with Crippen LogP contribution in [-0.2, 0) is 23.7 Å². The van der Waals surface area contributed by atoms with Gasteiger partial charge in [0.2, 0.25) is 0 Å². The van der Waals surface area contributed by atoms with Crippen molar-refractivity contribution in [3.05, 3.63) is 40.6 Å². The van der Waals surface area contributed by atoms with Gasteiger partial charge in [-0.2, -0.15) is 5.10 Å². The number of nitrogens with zero attached hydrogens (tertiary/aromatic N) is 2. The number of aliphatic hydroxyl groups is 1. The SMILES string of the molecule is Cc1cccc2c1NCCC2(C)C=O.Cn1nc2c(c1N)CCCC2O. The number of rotatable bonds is 1. The van der Waals surface area contributed by atoms with Gasteiger partial charge in [-0.3, -0.25) is 4.68 Å². The maximum Gasteiger partial charge on any atom is 0.130 e. The van der Waals surface area contributed by atoms with E-state index in [1.165, 1.54) is 5.56 Å². The lowest BCUT2D eigenvalue weighted by Crippen LogP contribution is -2.32. The Kier molecular flexibility index (Phi) is 5.05.